The molecule has 0 fully saturated rings. The molecule has 4 aromatic rings. The lowest BCUT2D eigenvalue weighted by atomic mass is 9.94. The van der Waals surface area contributed by atoms with Gasteiger partial charge < -0.3 is 9.40 Å². The number of rotatable bonds is 4. The summed E-state index contributed by atoms with van der Waals surface area (Å²) >= 11 is 6.32. The predicted octanol–water partition coefficient (Wildman–Crippen LogP) is 5.28. The number of nitrogens with one attached hydrogen (secondary N) is 2. The second-order valence-corrected chi connectivity index (χ2v) is 7.97. The zero-order valence-corrected chi connectivity index (χ0v) is 18.0. The molecule has 1 amide bonds. The largest absolute Gasteiger partial charge is 0.467 e. The lowest BCUT2D eigenvalue weighted by Gasteiger charge is -2.23. The van der Waals surface area contributed by atoms with Crippen molar-refractivity contribution < 1.29 is 9.21 Å². The molecule has 1 aliphatic heterocycles. The lowest BCUT2D eigenvalue weighted by molar-refractivity contribution is -0.134. The number of aromatic amines is 1. The lowest BCUT2D eigenvalue weighted by Crippen LogP contribution is -2.39. The number of nitrogens with zero attached hydrogens (tertiary/aromatic N) is 1. The monoisotopic (exact) mass is 445 g/mol. The Labute approximate surface area is 189 Å². The topological polar surface area (TPSA) is 78.3 Å². The molecule has 3 heterocycles. The molecule has 0 spiro atoms. The molecule has 0 saturated heterocycles. The standard InChI is InChI=1S/C25H20ClN3O3/c1-2-22(30)29-20(21-9-6-12-32-21)14-19(28-29)24-23(15-7-4-3-5-8-15)17-13-16(26)10-11-18(17)27-25(24)31/h3-14,20,28H,2H2,1H3,(H,27,31)/t20-/m0/s1. The number of hydrogen-bond donors (Lipinski definition) is 2. The van der Waals surface area contributed by atoms with Gasteiger partial charge >= 0.3 is 0 Å². The van der Waals surface area contributed by atoms with E-state index in [9.17, 15) is 9.59 Å². The minimum Gasteiger partial charge on any atom is -0.467 e. The minimum absolute atomic E-state index is 0.112. The Hall–Kier alpha value is -3.77. The summed E-state index contributed by atoms with van der Waals surface area (Å²) < 4.78 is 5.58. The van der Waals surface area contributed by atoms with Crippen LogP contribution >= 0.6 is 11.6 Å². The summed E-state index contributed by atoms with van der Waals surface area (Å²) in [6, 6.07) is 18.2. The number of hydrazine groups is 1. The molecule has 160 valence electrons. The third-order valence-corrected chi connectivity index (χ3v) is 5.79. The molecule has 0 aliphatic carbocycles. The maximum absolute atomic E-state index is 13.3. The molecular formula is C25H20ClN3O3. The van der Waals surface area contributed by atoms with E-state index in [-0.39, 0.29) is 11.5 Å². The van der Waals surface area contributed by atoms with Gasteiger partial charge in [-0.05, 0) is 42.0 Å². The average Bonchev–Trinajstić information content (AvgIpc) is 3.48. The average molecular weight is 446 g/mol. The zero-order chi connectivity index (χ0) is 22.2. The first-order valence-corrected chi connectivity index (χ1v) is 10.7. The molecule has 0 radical (unpaired) electrons. The van der Waals surface area contributed by atoms with Crippen LogP contribution in [0, 0.1) is 0 Å². The molecule has 1 atom stereocenters. The van der Waals surface area contributed by atoms with Crippen molar-refractivity contribution in [1.82, 2.24) is 15.4 Å². The van der Waals surface area contributed by atoms with Crippen molar-refractivity contribution in [1.29, 1.82) is 0 Å². The van der Waals surface area contributed by atoms with Gasteiger partial charge in [0.25, 0.3) is 5.56 Å². The SMILES string of the molecule is CCC(=O)N1NC(c2c(-c3ccccc3)c3cc(Cl)ccc3[nH]c2=O)=C[C@H]1c1ccco1. The van der Waals surface area contributed by atoms with Crippen molar-refractivity contribution in [3.63, 3.8) is 0 Å². The Morgan fingerprint density at radius 2 is 1.91 bits per heavy atom. The number of pyridine rings is 1. The Balaban J connectivity index is 1.77. The molecule has 32 heavy (non-hydrogen) atoms. The number of amides is 1. The summed E-state index contributed by atoms with van der Waals surface area (Å²) in [5.74, 6) is 0.495. The van der Waals surface area contributed by atoms with Crippen LogP contribution in [0.15, 0.2) is 82.2 Å². The highest BCUT2D eigenvalue weighted by atomic mass is 35.5. The number of furan rings is 1. The predicted molar refractivity (Wildman–Crippen MR) is 125 cm³/mol. The fraction of sp³-hybridized carbons (Fsp3) is 0.120. The molecule has 7 heteroatoms. The Morgan fingerprint density at radius 1 is 1.09 bits per heavy atom. The van der Waals surface area contributed by atoms with E-state index in [1.54, 1.807) is 31.4 Å². The van der Waals surface area contributed by atoms with Crippen LogP contribution in [0.25, 0.3) is 27.7 Å². The summed E-state index contributed by atoms with van der Waals surface area (Å²) in [5.41, 5.74) is 6.18. The van der Waals surface area contributed by atoms with E-state index in [4.69, 9.17) is 16.0 Å². The van der Waals surface area contributed by atoms with Gasteiger partial charge in [0.1, 0.15) is 11.8 Å². The molecule has 1 aliphatic rings. The van der Waals surface area contributed by atoms with E-state index in [2.05, 4.69) is 10.4 Å². The number of hydrogen-bond acceptors (Lipinski definition) is 4. The van der Waals surface area contributed by atoms with Crippen LogP contribution in [0.1, 0.15) is 30.7 Å². The van der Waals surface area contributed by atoms with Crippen LogP contribution in [-0.2, 0) is 4.79 Å². The van der Waals surface area contributed by atoms with Crippen molar-refractivity contribution in [3.05, 3.63) is 99.7 Å². The first kappa shape index (κ1) is 20.2. The number of fused-ring (bicyclic) bond motifs is 1. The van der Waals surface area contributed by atoms with E-state index in [0.717, 1.165) is 16.5 Å². The minimum atomic E-state index is -0.467. The fourth-order valence-electron chi connectivity index (χ4n) is 4.09. The van der Waals surface area contributed by atoms with E-state index < -0.39 is 6.04 Å². The first-order valence-electron chi connectivity index (χ1n) is 10.3. The quantitative estimate of drug-likeness (QED) is 0.448. The molecule has 0 saturated carbocycles. The van der Waals surface area contributed by atoms with Gasteiger partial charge in [0, 0.05) is 27.9 Å². The molecule has 0 bridgehead atoms. The maximum Gasteiger partial charge on any atom is 0.258 e. The molecule has 5 rings (SSSR count). The van der Waals surface area contributed by atoms with Crippen LogP contribution in [0.2, 0.25) is 5.02 Å². The molecular weight excluding hydrogens is 426 g/mol. The van der Waals surface area contributed by atoms with Crippen molar-refractivity contribution in [2.24, 2.45) is 0 Å². The van der Waals surface area contributed by atoms with Gasteiger partial charge in [-0.15, -0.1) is 0 Å². The first-order chi connectivity index (χ1) is 15.6. The molecule has 2 N–H and O–H groups in total. The van der Waals surface area contributed by atoms with Crippen LogP contribution < -0.4 is 11.0 Å². The zero-order valence-electron chi connectivity index (χ0n) is 17.3. The molecule has 6 nitrogen and oxygen atoms in total. The van der Waals surface area contributed by atoms with Gasteiger partial charge in [0.2, 0.25) is 5.91 Å². The number of benzene rings is 2. The molecule has 2 aromatic carbocycles. The maximum atomic E-state index is 13.3. The van der Waals surface area contributed by atoms with Crippen molar-refractivity contribution >= 4 is 34.1 Å². The number of carbonyl (C=O) groups excluding carboxylic acids is 1. The second-order valence-electron chi connectivity index (χ2n) is 7.53. The highest BCUT2D eigenvalue weighted by Crippen LogP contribution is 2.37. The third kappa shape index (κ3) is 3.39. The summed E-state index contributed by atoms with van der Waals surface area (Å²) in [5, 5.41) is 2.89. The third-order valence-electron chi connectivity index (χ3n) is 5.56. The Bertz CT molecular complexity index is 1390. The highest BCUT2D eigenvalue weighted by Gasteiger charge is 2.33. The van der Waals surface area contributed by atoms with Gasteiger partial charge in [-0.25, -0.2) is 5.01 Å². The molecule has 0 unspecified atom stereocenters. The molecule has 2 aromatic heterocycles. The van der Waals surface area contributed by atoms with Crippen molar-refractivity contribution in [3.8, 4) is 11.1 Å². The van der Waals surface area contributed by atoms with Crippen LogP contribution in [0.4, 0.5) is 0 Å². The second kappa shape index (κ2) is 8.05. The Morgan fingerprint density at radius 3 is 2.62 bits per heavy atom. The fourth-order valence-corrected chi connectivity index (χ4v) is 4.26. The number of halogens is 1. The van der Waals surface area contributed by atoms with E-state index in [1.807, 2.05) is 48.5 Å². The number of H-pyrrole nitrogens is 1. The van der Waals surface area contributed by atoms with E-state index >= 15 is 0 Å². The van der Waals surface area contributed by atoms with Crippen LogP contribution in [0.5, 0.6) is 0 Å². The van der Waals surface area contributed by atoms with Gasteiger partial charge in [0.15, 0.2) is 0 Å². The van der Waals surface area contributed by atoms with Gasteiger partial charge in [-0.2, -0.15) is 0 Å². The summed E-state index contributed by atoms with van der Waals surface area (Å²) in [6.07, 6.45) is 3.72. The van der Waals surface area contributed by atoms with Gasteiger partial charge in [0.05, 0.1) is 17.5 Å². The smallest absolute Gasteiger partial charge is 0.258 e. The highest BCUT2D eigenvalue weighted by molar-refractivity contribution is 6.31. The van der Waals surface area contributed by atoms with Gasteiger partial charge in [-0.1, -0.05) is 48.9 Å². The van der Waals surface area contributed by atoms with E-state index in [1.165, 1.54) is 5.01 Å². The van der Waals surface area contributed by atoms with Gasteiger partial charge in [-0.3, -0.25) is 15.0 Å². The normalized spacial score (nSPS) is 15.6. The Kier molecular flexibility index (Phi) is 5.07. The summed E-state index contributed by atoms with van der Waals surface area (Å²) in [4.78, 5) is 29.0. The van der Waals surface area contributed by atoms with Crippen LogP contribution in [0.3, 0.4) is 0 Å². The summed E-state index contributed by atoms with van der Waals surface area (Å²) in [6.45, 7) is 1.79. The number of carbonyl (C=O) groups is 1. The summed E-state index contributed by atoms with van der Waals surface area (Å²) in [7, 11) is 0. The van der Waals surface area contributed by atoms with E-state index in [0.29, 0.717) is 34.0 Å². The number of aromatic nitrogens is 1. The van der Waals surface area contributed by atoms with Crippen molar-refractivity contribution in [2.75, 3.05) is 0 Å². The van der Waals surface area contributed by atoms with Crippen molar-refractivity contribution in [2.45, 2.75) is 19.4 Å². The van der Waals surface area contributed by atoms with Crippen LogP contribution in [-0.4, -0.2) is 15.9 Å².